The van der Waals surface area contributed by atoms with Gasteiger partial charge in [0.2, 0.25) is 0 Å². The standard InChI is InChI=1S/C10H8F6O3S2/c1-6-3-2-4-7(5-6)19-21(17,18)10(15,16)8(11,12)9(13,14)20/h2-5,20H,1H3. The molecular formula is C10H8F6O3S2. The number of aryl methyl sites for hydroxylation is 1. The van der Waals surface area contributed by atoms with E-state index in [9.17, 15) is 34.8 Å². The summed E-state index contributed by atoms with van der Waals surface area (Å²) in [6, 6.07) is 4.47. The molecule has 0 saturated heterocycles. The van der Waals surface area contributed by atoms with Gasteiger partial charge in [0.25, 0.3) is 0 Å². The smallest absolute Gasteiger partial charge is 0.378 e. The molecule has 1 rings (SSSR count). The maximum Gasteiger partial charge on any atom is 0.450 e. The Balaban J connectivity index is 3.23. The number of benzene rings is 1. The van der Waals surface area contributed by atoms with Gasteiger partial charge in [-0.2, -0.15) is 34.8 Å². The predicted molar refractivity (Wildman–Crippen MR) is 64.6 cm³/mol. The average Bonchev–Trinajstić information content (AvgIpc) is 2.26. The molecule has 0 bridgehead atoms. The van der Waals surface area contributed by atoms with Crippen molar-refractivity contribution < 1.29 is 38.9 Å². The van der Waals surface area contributed by atoms with Crippen molar-refractivity contribution in [2.75, 3.05) is 0 Å². The number of hydrogen-bond acceptors (Lipinski definition) is 4. The highest BCUT2D eigenvalue weighted by Crippen LogP contribution is 2.50. The Kier molecular flexibility index (Phi) is 4.50. The van der Waals surface area contributed by atoms with E-state index in [1.807, 2.05) is 12.6 Å². The lowest BCUT2D eigenvalue weighted by Gasteiger charge is -2.28. The summed E-state index contributed by atoms with van der Waals surface area (Å²) in [6.07, 6.45) is 0. The fourth-order valence-corrected chi connectivity index (χ4v) is 2.30. The minimum Gasteiger partial charge on any atom is -0.378 e. The third-order valence-corrected chi connectivity index (χ3v) is 3.83. The van der Waals surface area contributed by atoms with Crippen molar-refractivity contribution >= 4 is 22.7 Å². The molecule has 3 nitrogen and oxygen atoms in total. The van der Waals surface area contributed by atoms with Crippen molar-refractivity contribution in [2.45, 2.75) is 23.4 Å². The lowest BCUT2D eigenvalue weighted by atomic mass is 10.2. The van der Waals surface area contributed by atoms with Crippen LogP contribution in [0.1, 0.15) is 5.56 Å². The highest BCUT2D eigenvalue weighted by molar-refractivity contribution is 7.88. The molecule has 1 aromatic rings. The van der Waals surface area contributed by atoms with Gasteiger partial charge in [-0.25, -0.2) is 0 Å². The summed E-state index contributed by atoms with van der Waals surface area (Å²) in [7, 11) is -6.38. The predicted octanol–water partition coefficient (Wildman–Crippen LogP) is 3.45. The first-order valence-electron chi connectivity index (χ1n) is 5.09. The van der Waals surface area contributed by atoms with Crippen LogP contribution in [0.5, 0.6) is 5.75 Å². The third-order valence-electron chi connectivity index (χ3n) is 2.25. The minimum absolute atomic E-state index is 0.373. The number of halogens is 6. The number of alkyl halides is 6. The summed E-state index contributed by atoms with van der Waals surface area (Å²) in [4.78, 5) is 0. The molecule has 11 heteroatoms. The molecule has 0 amide bonds. The normalized spacial score (nSPS) is 14.1. The van der Waals surface area contributed by atoms with Crippen LogP contribution in [0.15, 0.2) is 24.3 Å². The van der Waals surface area contributed by atoms with Crippen LogP contribution in [0, 0.1) is 6.92 Å². The van der Waals surface area contributed by atoms with Crippen LogP contribution >= 0.6 is 12.6 Å². The zero-order valence-electron chi connectivity index (χ0n) is 10.2. The fraction of sp³-hybridized carbons (Fsp3) is 0.400. The summed E-state index contributed by atoms with van der Waals surface area (Å²) in [6.45, 7) is 1.44. The van der Waals surface area contributed by atoms with Crippen molar-refractivity contribution in [2.24, 2.45) is 0 Å². The Bertz CT molecular complexity index is 624. The van der Waals surface area contributed by atoms with E-state index in [0.717, 1.165) is 12.1 Å². The molecule has 0 atom stereocenters. The van der Waals surface area contributed by atoms with Crippen molar-refractivity contribution in [1.82, 2.24) is 0 Å². The molecule has 0 radical (unpaired) electrons. The molecule has 120 valence electrons. The Morgan fingerprint density at radius 2 is 1.62 bits per heavy atom. The van der Waals surface area contributed by atoms with Gasteiger partial charge in [0, 0.05) is 0 Å². The Hall–Kier alpha value is -1.10. The maximum atomic E-state index is 13.3. The van der Waals surface area contributed by atoms with Crippen molar-refractivity contribution in [3.8, 4) is 5.75 Å². The van der Waals surface area contributed by atoms with Gasteiger partial charge < -0.3 is 4.18 Å². The summed E-state index contributed by atoms with van der Waals surface area (Å²) in [5.41, 5.74) is 0.373. The first kappa shape index (κ1) is 18.0. The average molecular weight is 354 g/mol. The third kappa shape index (κ3) is 3.23. The van der Waals surface area contributed by atoms with Gasteiger partial charge in [-0.05, 0) is 24.6 Å². The molecule has 1 aromatic carbocycles. The van der Waals surface area contributed by atoms with Crippen LogP contribution in [0.25, 0.3) is 0 Å². The van der Waals surface area contributed by atoms with E-state index < -0.39 is 32.3 Å². The minimum atomic E-state index is -6.38. The second kappa shape index (κ2) is 5.27. The van der Waals surface area contributed by atoms with Crippen LogP contribution in [0.3, 0.4) is 0 Å². The zero-order chi connectivity index (χ0) is 16.7. The monoisotopic (exact) mass is 354 g/mol. The first-order chi connectivity index (χ1) is 9.22. The summed E-state index contributed by atoms with van der Waals surface area (Å²) in [5.74, 6) is -6.99. The quantitative estimate of drug-likeness (QED) is 0.500. The molecule has 0 spiro atoms. The highest BCUT2D eigenvalue weighted by Gasteiger charge is 2.77. The van der Waals surface area contributed by atoms with E-state index in [1.165, 1.54) is 19.1 Å². The van der Waals surface area contributed by atoms with Crippen molar-refractivity contribution in [3.63, 3.8) is 0 Å². The van der Waals surface area contributed by atoms with Gasteiger partial charge in [0.1, 0.15) is 5.75 Å². The SMILES string of the molecule is Cc1cccc(OS(=O)(=O)C(F)(F)C(F)(F)C(F)(F)S)c1. The summed E-state index contributed by atoms with van der Waals surface area (Å²) in [5, 5.41) is -11.8. The lowest BCUT2D eigenvalue weighted by molar-refractivity contribution is -0.241. The number of rotatable bonds is 5. The summed E-state index contributed by atoms with van der Waals surface area (Å²) >= 11 is 2.02. The van der Waals surface area contributed by atoms with Crippen LogP contribution in [0.2, 0.25) is 0 Å². The van der Waals surface area contributed by atoms with Gasteiger partial charge in [-0.15, -0.1) is 0 Å². The largest absolute Gasteiger partial charge is 0.450 e. The second-order valence-corrected chi connectivity index (χ2v) is 6.14. The Labute approximate surface area is 121 Å². The molecule has 0 heterocycles. The van der Waals surface area contributed by atoms with Gasteiger partial charge in [0.05, 0.1) is 0 Å². The van der Waals surface area contributed by atoms with E-state index in [2.05, 4.69) is 4.18 Å². The zero-order valence-corrected chi connectivity index (χ0v) is 11.9. The van der Waals surface area contributed by atoms with E-state index in [-0.39, 0.29) is 0 Å². The Morgan fingerprint density at radius 3 is 2.05 bits per heavy atom. The topological polar surface area (TPSA) is 43.4 Å². The highest BCUT2D eigenvalue weighted by atomic mass is 32.2. The van der Waals surface area contributed by atoms with Crippen molar-refractivity contribution in [1.29, 1.82) is 0 Å². The molecule has 0 saturated carbocycles. The molecule has 21 heavy (non-hydrogen) atoms. The Morgan fingerprint density at radius 1 is 1.10 bits per heavy atom. The van der Waals surface area contributed by atoms with Crippen LogP contribution in [-0.2, 0) is 10.1 Å². The van der Waals surface area contributed by atoms with E-state index in [0.29, 0.717) is 5.56 Å². The van der Waals surface area contributed by atoms with Crippen LogP contribution in [-0.4, -0.2) is 24.8 Å². The van der Waals surface area contributed by atoms with E-state index in [4.69, 9.17) is 0 Å². The fourth-order valence-electron chi connectivity index (χ4n) is 1.18. The number of hydrogen-bond donors (Lipinski definition) is 1. The van der Waals surface area contributed by atoms with E-state index >= 15 is 0 Å². The van der Waals surface area contributed by atoms with E-state index in [1.54, 1.807) is 0 Å². The maximum absolute atomic E-state index is 13.3. The molecule has 0 unspecified atom stereocenters. The molecule has 0 aliphatic carbocycles. The van der Waals surface area contributed by atoms with Gasteiger partial charge in [0.15, 0.2) is 0 Å². The summed E-state index contributed by atoms with van der Waals surface area (Å²) < 4.78 is 104. The molecular weight excluding hydrogens is 346 g/mol. The lowest BCUT2D eigenvalue weighted by Crippen LogP contribution is -2.56. The van der Waals surface area contributed by atoms with Gasteiger partial charge in [-0.3, -0.25) is 0 Å². The van der Waals surface area contributed by atoms with Crippen molar-refractivity contribution in [3.05, 3.63) is 29.8 Å². The molecule has 0 aliphatic rings. The molecule has 0 aromatic heterocycles. The molecule has 0 fully saturated rings. The van der Waals surface area contributed by atoms with Gasteiger partial charge >= 0.3 is 26.5 Å². The van der Waals surface area contributed by atoms with Gasteiger partial charge in [-0.1, -0.05) is 24.8 Å². The molecule has 0 aliphatic heterocycles. The first-order valence-corrected chi connectivity index (χ1v) is 6.94. The molecule has 0 N–H and O–H groups in total. The van der Waals surface area contributed by atoms with Crippen LogP contribution < -0.4 is 4.18 Å². The number of thiol groups is 1. The second-order valence-electron chi connectivity index (χ2n) is 3.99. The van der Waals surface area contributed by atoms with Crippen LogP contribution in [0.4, 0.5) is 26.3 Å².